The molecule has 118 valence electrons. The number of aromatic amines is 2. The fourth-order valence-corrected chi connectivity index (χ4v) is 3.92. The Bertz CT molecular complexity index is 1050. The lowest BCUT2D eigenvalue weighted by molar-refractivity contribution is 0.325. The Morgan fingerprint density at radius 1 is 1.09 bits per heavy atom. The van der Waals surface area contributed by atoms with E-state index in [9.17, 15) is 13.2 Å². The van der Waals surface area contributed by atoms with Crippen molar-refractivity contribution < 1.29 is 13.2 Å². The highest BCUT2D eigenvalue weighted by molar-refractivity contribution is 7.89. The van der Waals surface area contributed by atoms with Crippen LogP contribution in [-0.4, -0.2) is 25.0 Å². The lowest BCUT2D eigenvalue weighted by atomic mass is 10.1. The summed E-state index contributed by atoms with van der Waals surface area (Å²) in [6, 6.07) is 11.3. The fourth-order valence-electron chi connectivity index (χ4n) is 2.69. The van der Waals surface area contributed by atoms with E-state index in [0.29, 0.717) is 16.8 Å². The Hall–Kier alpha value is -2.58. The molecule has 0 spiro atoms. The summed E-state index contributed by atoms with van der Waals surface area (Å²) in [4.78, 5) is 16.5. The van der Waals surface area contributed by atoms with Crippen LogP contribution in [0.4, 0.5) is 0 Å². The lowest BCUT2D eigenvalue weighted by Crippen LogP contribution is -2.29. The molecule has 1 unspecified atom stereocenters. The van der Waals surface area contributed by atoms with Gasteiger partial charge in [0.2, 0.25) is 10.0 Å². The third-order valence-electron chi connectivity index (χ3n) is 3.80. The molecule has 7 nitrogen and oxygen atoms in total. The summed E-state index contributed by atoms with van der Waals surface area (Å²) in [5.41, 5.74) is 1.44. The van der Waals surface area contributed by atoms with Gasteiger partial charge in [0, 0.05) is 5.56 Å². The van der Waals surface area contributed by atoms with Gasteiger partial charge in [0.05, 0.1) is 22.0 Å². The third-order valence-corrected chi connectivity index (χ3v) is 5.26. The molecule has 0 amide bonds. The van der Waals surface area contributed by atoms with Gasteiger partial charge in [-0.3, -0.25) is 0 Å². The van der Waals surface area contributed by atoms with Gasteiger partial charge in [-0.15, -0.1) is 0 Å². The van der Waals surface area contributed by atoms with E-state index in [0.717, 1.165) is 5.56 Å². The molecule has 0 bridgehead atoms. The van der Waals surface area contributed by atoms with Crippen molar-refractivity contribution in [1.29, 1.82) is 0 Å². The van der Waals surface area contributed by atoms with Gasteiger partial charge in [0.1, 0.15) is 12.4 Å². The van der Waals surface area contributed by atoms with E-state index in [2.05, 4.69) is 14.7 Å². The van der Waals surface area contributed by atoms with Gasteiger partial charge in [-0.25, -0.2) is 17.9 Å². The highest BCUT2D eigenvalue weighted by Gasteiger charge is 2.28. The van der Waals surface area contributed by atoms with E-state index in [1.807, 2.05) is 18.2 Å². The zero-order valence-corrected chi connectivity index (χ0v) is 12.7. The second-order valence-corrected chi connectivity index (χ2v) is 7.02. The van der Waals surface area contributed by atoms with E-state index in [1.165, 1.54) is 12.1 Å². The number of rotatable bonds is 3. The molecule has 1 aliphatic rings. The topological polar surface area (TPSA) is 104 Å². The zero-order chi connectivity index (χ0) is 16.0. The molecule has 3 N–H and O–H groups in total. The van der Waals surface area contributed by atoms with E-state index < -0.39 is 16.1 Å². The highest BCUT2D eigenvalue weighted by Crippen LogP contribution is 2.32. The number of sulfonamides is 1. The summed E-state index contributed by atoms with van der Waals surface area (Å²) in [7, 11) is -3.73. The molecule has 0 saturated carbocycles. The molecule has 23 heavy (non-hydrogen) atoms. The maximum absolute atomic E-state index is 12.6. The molecule has 1 aromatic heterocycles. The van der Waals surface area contributed by atoms with Crippen molar-refractivity contribution in [3.05, 3.63) is 58.5 Å². The van der Waals surface area contributed by atoms with Crippen LogP contribution in [-0.2, 0) is 10.0 Å². The van der Waals surface area contributed by atoms with E-state index in [1.54, 1.807) is 12.1 Å². The zero-order valence-electron chi connectivity index (χ0n) is 11.9. The summed E-state index contributed by atoms with van der Waals surface area (Å²) in [5, 5.41) is 0. The van der Waals surface area contributed by atoms with Crippen molar-refractivity contribution in [2.24, 2.45) is 0 Å². The van der Waals surface area contributed by atoms with Gasteiger partial charge >= 0.3 is 5.69 Å². The first-order valence-electron chi connectivity index (χ1n) is 6.99. The number of ether oxygens (including phenoxy) is 1. The number of H-pyrrole nitrogens is 2. The molecule has 0 saturated heterocycles. The summed E-state index contributed by atoms with van der Waals surface area (Å²) in [6.45, 7) is 0.252. The van der Waals surface area contributed by atoms with E-state index in [4.69, 9.17) is 4.74 Å². The third kappa shape index (κ3) is 2.41. The van der Waals surface area contributed by atoms with Crippen LogP contribution in [0.1, 0.15) is 11.6 Å². The van der Waals surface area contributed by atoms with Crippen LogP contribution in [0.15, 0.2) is 52.2 Å². The standard InChI is InChI=1S/C15H13N3O4S/c19-15-16-11-6-5-9(7-12(11)17-15)23(20,21)18-13-8-22-14-4-2-1-3-10(13)14/h1-7,13,18H,8H2,(H2,16,17,19). The first-order chi connectivity index (χ1) is 11.0. The molecule has 2 aromatic carbocycles. The number of aromatic nitrogens is 2. The van der Waals surface area contributed by atoms with Crippen molar-refractivity contribution in [3.63, 3.8) is 0 Å². The largest absolute Gasteiger partial charge is 0.491 e. The first kappa shape index (κ1) is 14.0. The van der Waals surface area contributed by atoms with Crippen LogP contribution < -0.4 is 15.1 Å². The molecule has 3 aromatic rings. The maximum Gasteiger partial charge on any atom is 0.323 e. The second kappa shape index (κ2) is 4.97. The van der Waals surface area contributed by atoms with Crippen LogP contribution in [0.2, 0.25) is 0 Å². The predicted molar refractivity (Wildman–Crippen MR) is 83.9 cm³/mol. The second-order valence-electron chi connectivity index (χ2n) is 5.31. The molecule has 1 atom stereocenters. The Kier molecular flexibility index (Phi) is 3.03. The van der Waals surface area contributed by atoms with Crippen LogP contribution in [0.25, 0.3) is 11.0 Å². The average Bonchev–Trinajstić information content (AvgIpc) is 3.09. The first-order valence-corrected chi connectivity index (χ1v) is 8.47. The van der Waals surface area contributed by atoms with Crippen molar-refractivity contribution in [1.82, 2.24) is 14.7 Å². The maximum atomic E-state index is 12.6. The molecule has 4 rings (SSSR count). The Morgan fingerprint density at radius 3 is 2.74 bits per heavy atom. The Balaban J connectivity index is 1.68. The molecule has 1 aliphatic heterocycles. The van der Waals surface area contributed by atoms with Crippen LogP contribution >= 0.6 is 0 Å². The summed E-state index contributed by atoms with van der Waals surface area (Å²) in [6.07, 6.45) is 0. The van der Waals surface area contributed by atoms with Crippen LogP contribution in [0.3, 0.4) is 0 Å². The summed E-state index contributed by atoms with van der Waals surface area (Å²) >= 11 is 0. The predicted octanol–water partition coefficient (Wildman–Crippen LogP) is 1.27. The number of fused-ring (bicyclic) bond motifs is 2. The number of hydrogen-bond donors (Lipinski definition) is 3. The van der Waals surface area contributed by atoms with Gasteiger partial charge in [0.25, 0.3) is 0 Å². The Labute approximate surface area is 131 Å². The molecule has 8 heteroatoms. The minimum absolute atomic E-state index is 0.0876. The van der Waals surface area contributed by atoms with Gasteiger partial charge in [-0.1, -0.05) is 18.2 Å². The number of imidazole rings is 1. The quantitative estimate of drug-likeness (QED) is 0.672. The average molecular weight is 331 g/mol. The number of benzene rings is 2. The van der Waals surface area contributed by atoms with Crippen LogP contribution in [0.5, 0.6) is 5.75 Å². The minimum Gasteiger partial charge on any atom is -0.491 e. The van der Waals surface area contributed by atoms with Crippen molar-refractivity contribution in [3.8, 4) is 5.75 Å². The fraction of sp³-hybridized carbons (Fsp3) is 0.133. The van der Waals surface area contributed by atoms with Crippen molar-refractivity contribution in [2.45, 2.75) is 10.9 Å². The molecule has 0 aliphatic carbocycles. The van der Waals surface area contributed by atoms with Crippen molar-refractivity contribution >= 4 is 21.1 Å². The monoisotopic (exact) mass is 331 g/mol. The van der Waals surface area contributed by atoms with Crippen molar-refractivity contribution in [2.75, 3.05) is 6.61 Å². The van der Waals surface area contributed by atoms with Crippen LogP contribution in [0, 0.1) is 0 Å². The molecular formula is C15H13N3O4S. The normalized spacial score (nSPS) is 17.1. The highest BCUT2D eigenvalue weighted by atomic mass is 32.2. The molecular weight excluding hydrogens is 318 g/mol. The Morgan fingerprint density at radius 2 is 1.87 bits per heavy atom. The summed E-state index contributed by atoms with van der Waals surface area (Å²) in [5.74, 6) is 0.686. The van der Waals surface area contributed by atoms with E-state index >= 15 is 0 Å². The smallest absolute Gasteiger partial charge is 0.323 e. The minimum atomic E-state index is -3.73. The summed E-state index contributed by atoms with van der Waals surface area (Å²) < 4.78 is 33.3. The van der Waals surface area contributed by atoms with Gasteiger partial charge in [-0.05, 0) is 24.3 Å². The SMILES string of the molecule is O=c1[nH]c2ccc(S(=O)(=O)NC3COc4ccccc43)cc2[nH]1. The van der Waals surface area contributed by atoms with E-state index in [-0.39, 0.29) is 17.2 Å². The number of hydrogen-bond acceptors (Lipinski definition) is 4. The molecule has 2 heterocycles. The van der Waals surface area contributed by atoms with Gasteiger partial charge in [-0.2, -0.15) is 0 Å². The van der Waals surface area contributed by atoms with Gasteiger partial charge < -0.3 is 14.7 Å². The molecule has 0 fully saturated rings. The number of para-hydroxylation sites is 1. The number of nitrogens with one attached hydrogen (secondary N) is 3. The molecule has 0 radical (unpaired) electrons. The van der Waals surface area contributed by atoms with Gasteiger partial charge in [0.15, 0.2) is 0 Å². The lowest BCUT2D eigenvalue weighted by Gasteiger charge is -2.12.